The highest BCUT2D eigenvalue weighted by Gasteiger charge is 2.05. The van der Waals surface area contributed by atoms with E-state index >= 15 is 0 Å². The maximum Gasteiger partial charge on any atom is 0.168 e. The summed E-state index contributed by atoms with van der Waals surface area (Å²) in [7, 11) is 3.27. The summed E-state index contributed by atoms with van der Waals surface area (Å²) in [5, 5.41) is 3.20. The van der Waals surface area contributed by atoms with Crippen molar-refractivity contribution in [3.8, 4) is 5.75 Å². The molecular formula is C11H17ClN2O2. The molecule has 0 radical (unpaired) electrons. The Hall–Kier alpha value is -1.00. The maximum atomic E-state index is 6.00. The van der Waals surface area contributed by atoms with E-state index in [9.17, 15) is 0 Å². The second-order valence-electron chi connectivity index (χ2n) is 3.32. The van der Waals surface area contributed by atoms with Gasteiger partial charge in [0, 0.05) is 19.9 Å². The minimum Gasteiger partial charge on any atom is -0.493 e. The number of methoxy groups -OCH3 is 2. The van der Waals surface area contributed by atoms with Gasteiger partial charge in [-0.15, -0.1) is 11.6 Å². The lowest BCUT2D eigenvalue weighted by molar-refractivity contribution is 0.196. The lowest BCUT2D eigenvalue weighted by atomic mass is 10.3. The SMILES string of the molecule is COCC(Cl)CCNc1ncccc1OC. The van der Waals surface area contributed by atoms with Gasteiger partial charge in [0.05, 0.1) is 19.1 Å². The molecule has 1 rings (SSSR count). The van der Waals surface area contributed by atoms with Gasteiger partial charge < -0.3 is 14.8 Å². The highest BCUT2D eigenvalue weighted by atomic mass is 35.5. The zero-order valence-electron chi connectivity index (χ0n) is 9.57. The van der Waals surface area contributed by atoms with E-state index in [1.54, 1.807) is 20.4 Å². The van der Waals surface area contributed by atoms with Gasteiger partial charge in [-0.3, -0.25) is 0 Å². The van der Waals surface area contributed by atoms with Gasteiger partial charge >= 0.3 is 0 Å². The molecule has 0 saturated heterocycles. The summed E-state index contributed by atoms with van der Waals surface area (Å²) < 4.78 is 10.1. The first-order valence-electron chi connectivity index (χ1n) is 5.13. The molecule has 1 aromatic rings. The van der Waals surface area contributed by atoms with Crippen LogP contribution in [0.2, 0.25) is 0 Å². The van der Waals surface area contributed by atoms with Gasteiger partial charge in [0.1, 0.15) is 0 Å². The quantitative estimate of drug-likeness (QED) is 0.747. The van der Waals surface area contributed by atoms with Crippen LogP contribution in [0.25, 0.3) is 0 Å². The van der Waals surface area contributed by atoms with Crippen LogP contribution < -0.4 is 10.1 Å². The average Bonchev–Trinajstić information content (AvgIpc) is 2.30. The minimum atomic E-state index is 0.0206. The lowest BCUT2D eigenvalue weighted by Gasteiger charge is -2.11. The number of alkyl halides is 1. The Labute approximate surface area is 101 Å². The van der Waals surface area contributed by atoms with Crippen molar-refractivity contribution < 1.29 is 9.47 Å². The molecule has 1 aromatic heterocycles. The van der Waals surface area contributed by atoms with Gasteiger partial charge in [-0.2, -0.15) is 0 Å². The second kappa shape index (κ2) is 7.30. The number of nitrogens with zero attached hydrogens (tertiary/aromatic N) is 1. The van der Waals surface area contributed by atoms with Crippen LogP contribution in [0, 0.1) is 0 Å². The number of aromatic nitrogens is 1. The number of rotatable bonds is 7. The smallest absolute Gasteiger partial charge is 0.168 e. The molecule has 0 aromatic carbocycles. The number of anilines is 1. The number of pyridine rings is 1. The van der Waals surface area contributed by atoms with Gasteiger partial charge in [0.2, 0.25) is 0 Å². The van der Waals surface area contributed by atoms with E-state index in [2.05, 4.69) is 10.3 Å². The largest absolute Gasteiger partial charge is 0.493 e. The molecule has 16 heavy (non-hydrogen) atoms. The van der Waals surface area contributed by atoms with Crippen LogP contribution in [-0.4, -0.2) is 37.7 Å². The maximum absolute atomic E-state index is 6.00. The molecule has 0 spiro atoms. The molecule has 0 aliphatic heterocycles. The third kappa shape index (κ3) is 4.24. The molecule has 0 saturated carbocycles. The van der Waals surface area contributed by atoms with Crippen LogP contribution in [0.1, 0.15) is 6.42 Å². The lowest BCUT2D eigenvalue weighted by Crippen LogP contribution is -2.14. The van der Waals surface area contributed by atoms with E-state index in [1.807, 2.05) is 12.1 Å². The summed E-state index contributed by atoms with van der Waals surface area (Å²) >= 11 is 6.00. The molecule has 0 fully saturated rings. The van der Waals surface area contributed by atoms with E-state index < -0.39 is 0 Å². The first-order valence-corrected chi connectivity index (χ1v) is 5.57. The van der Waals surface area contributed by atoms with Crippen molar-refractivity contribution in [2.75, 3.05) is 32.7 Å². The van der Waals surface area contributed by atoms with Crippen molar-refractivity contribution in [2.45, 2.75) is 11.8 Å². The van der Waals surface area contributed by atoms with E-state index in [4.69, 9.17) is 21.1 Å². The summed E-state index contributed by atoms with van der Waals surface area (Å²) in [5.41, 5.74) is 0. The Balaban J connectivity index is 2.36. The minimum absolute atomic E-state index is 0.0206. The number of hydrogen-bond acceptors (Lipinski definition) is 4. The molecule has 1 unspecified atom stereocenters. The summed E-state index contributed by atoms with van der Waals surface area (Å²) in [4.78, 5) is 4.18. The topological polar surface area (TPSA) is 43.4 Å². The predicted molar refractivity (Wildman–Crippen MR) is 65.4 cm³/mol. The first kappa shape index (κ1) is 13.1. The van der Waals surface area contributed by atoms with E-state index in [1.165, 1.54) is 0 Å². The third-order valence-electron chi connectivity index (χ3n) is 2.09. The molecule has 1 heterocycles. The number of ether oxygens (including phenoxy) is 2. The molecule has 5 heteroatoms. The van der Waals surface area contributed by atoms with Crippen LogP contribution in [0.4, 0.5) is 5.82 Å². The summed E-state index contributed by atoms with van der Waals surface area (Å²) in [6, 6.07) is 3.70. The summed E-state index contributed by atoms with van der Waals surface area (Å²) in [6.45, 7) is 1.30. The van der Waals surface area contributed by atoms with Gasteiger partial charge in [-0.1, -0.05) is 0 Å². The van der Waals surface area contributed by atoms with Gasteiger partial charge in [0.15, 0.2) is 11.6 Å². The monoisotopic (exact) mass is 244 g/mol. The fourth-order valence-electron chi connectivity index (χ4n) is 1.30. The number of halogens is 1. The highest BCUT2D eigenvalue weighted by molar-refractivity contribution is 6.20. The van der Waals surface area contributed by atoms with Crippen LogP contribution in [0.15, 0.2) is 18.3 Å². The van der Waals surface area contributed by atoms with E-state index in [0.717, 1.165) is 24.5 Å². The first-order chi connectivity index (χ1) is 7.77. The van der Waals surface area contributed by atoms with Crippen molar-refractivity contribution in [3.05, 3.63) is 18.3 Å². The molecule has 1 N–H and O–H groups in total. The van der Waals surface area contributed by atoms with Crippen molar-refractivity contribution in [2.24, 2.45) is 0 Å². The van der Waals surface area contributed by atoms with Crippen molar-refractivity contribution in [1.82, 2.24) is 4.98 Å². The number of nitrogens with one attached hydrogen (secondary N) is 1. The summed E-state index contributed by atoms with van der Waals surface area (Å²) in [6.07, 6.45) is 2.54. The van der Waals surface area contributed by atoms with E-state index in [0.29, 0.717) is 6.61 Å². The molecule has 0 aliphatic carbocycles. The van der Waals surface area contributed by atoms with Crippen LogP contribution in [0.5, 0.6) is 5.75 Å². The zero-order valence-corrected chi connectivity index (χ0v) is 10.3. The highest BCUT2D eigenvalue weighted by Crippen LogP contribution is 2.19. The molecule has 0 amide bonds. The van der Waals surface area contributed by atoms with Gasteiger partial charge in [-0.25, -0.2) is 4.98 Å². The standard InChI is InChI=1S/C11H17ClN2O2/c1-15-8-9(12)5-7-14-11-10(16-2)4-3-6-13-11/h3-4,6,9H,5,7-8H2,1-2H3,(H,13,14). The zero-order chi connectivity index (χ0) is 11.8. The summed E-state index contributed by atoms with van der Waals surface area (Å²) in [5.74, 6) is 1.48. The van der Waals surface area contributed by atoms with Crippen molar-refractivity contribution >= 4 is 17.4 Å². The van der Waals surface area contributed by atoms with E-state index in [-0.39, 0.29) is 5.38 Å². The Bertz CT molecular complexity index is 310. The van der Waals surface area contributed by atoms with Crippen LogP contribution >= 0.6 is 11.6 Å². The Morgan fingerprint density at radius 1 is 1.50 bits per heavy atom. The second-order valence-corrected chi connectivity index (χ2v) is 3.94. The third-order valence-corrected chi connectivity index (χ3v) is 2.43. The molecule has 4 nitrogen and oxygen atoms in total. The predicted octanol–water partition coefficient (Wildman–Crippen LogP) is 2.15. The average molecular weight is 245 g/mol. The normalized spacial score (nSPS) is 12.2. The van der Waals surface area contributed by atoms with Crippen molar-refractivity contribution in [1.29, 1.82) is 0 Å². The van der Waals surface area contributed by atoms with Gasteiger partial charge in [0.25, 0.3) is 0 Å². The van der Waals surface area contributed by atoms with Crippen LogP contribution in [-0.2, 0) is 4.74 Å². The number of hydrogen-bond donors (Lipinski definition) is 1. The van der Waals surface area contributed by atoms with Crippen molar-refractivity contribution in [3.63, 3.8) is 0 Å². The Kier molecular flexibility index (Phi) is 5.96. The van der Waals surface area contributed by atoms with Gasteiger partial charge in [-0.05, 0) is 18.6 Å². The molecule has 0 bridgehead atoms. The molecular weight excluding hydrogens is 228 g/mol. The fraction of sp³-hybridized carbons (Fsp3) is 0.545. The molecule has 90 valence electrons. The molecule has 0 aliphatic rings. The van der Waals surface area contributed by atoms with Crippen LogP contribution in [0.3, 0.4) is 0 Å². The molecule has 1 atom stereocenters. The Morgan fingerprint density at radius 2 is 2.31 bits per heavy atom. The Morgan fingerprint density at radius 3 is 3.00 bits per heavy atom. The fourth-order valence-corrected chi connectivity index (χ4v) is 1.53.